The topological polar surface area (TPSA) is 44.0 Å². The minimum atomic E-state index is -0.488. The lowest BCUT2D eigenvalue weighted by Gasteiger charge is -2.09. The van der Waals surface area contributed by atoms with Gasteiger partial charge in [0.2, 0.25) is 0 Å². The fraction of sp³-hybridized carbons (Fsp3) is 0.0769. The van der Waals surface area contributed by atoms with E-state index in [-0.39, 0.29) is 6.54 Å². The van der Waals surface area contributed by atoms with Crippen molar-refractivity contribution in [2.24, 2.45) is 0 Å². The zero-order valence-corrected chi connectivity index (χ0v) is 11.4. The Morgan fingerprint density at radius 2 is 1.79 bits per heavy atom. The highest BCUT2D eigenvalue weighted by Crippen LogP contribution is 2.24. The normalized spacial score (nSPS) is 10.4. The molecule has 1 aromatic heterocycles. The lowest BCUT2D eigenvalue weighted by molar-refractivity contribution is 0.677. The molecule has 0 amide bonds. The first-order valence-electron chi connectivity index (χ1n) is 5.42. The number of aromatic nitrogens is 2. The van der Waals surface area contributed by atoms with Crippen LogP contribution in [0.3, 0.4) is 0 Å². The quantitative estimate of drug-likeness (QED) is 0.873. The first-order chi connectivity index (χ1) is 9.04. The summed E-state index contributed by atoms with van der Waals surface area (Å²) >= 11 is 12.1. The first kappa shape index (κ1) is 13.6. The number of hydrogen-bond donors (Lipinski definition) is 0. The van der Waals surface area contributed by atoms with Crippen molar-refractivity contribution in [3.8, 4) is 0 Å². The van der Waals surface area contributed by atoms with Gasteiger partial charge in [-0.2, -0.15) is 0 Å². The summed E-state index contributed by atoms with van der Waals surface area (Å²) in [6.07, 6.45) is 2.69. The fourth-order valence-electron chi connectivity index (χ4n) is 1.66. The van der Waals surface area contributed by atoms with E-state index in [0.29, 0.717) is 15.6 Å². The van der Waals surface area contributed by atoms with Gasteiger partial charge in [-0.3, -0.25) is 13.9 Å². The summed E-state index contributed by atoms with van der Waals surface area (Å²) in [5.41, 5.74) is -0.371. The number of benzene rings is 1. The molecular weight excluding hydrogens is 287 g/mol. The van der Waals surface area contributed by atoms with Crippen molar-refractivity contribution in [3.05, 3.63) is 73.5 Å². The van der Waals surface area contributed by atoms with Gasteiger partial charge < -0.3 is 0 Å². The molecule has 0 saturated heterocycles. The van der Waals surface area contributed by atoms with Crippen LogP contribution in [0.2, 0.25) is 10.0 Å². The van der Waals surface area contributed by atoms with E-state index in [1.165, 1.54) is 23.0 Å². The van der Waals surface area contributed by atoms with Crippen molar-refractivity contribution in [2.75, 3.05) is 0 Å². The van der Waals surface area contributed by atoms with Crippen molar-refractivity contribution >= 4 is 29.4 Å². The van der Waals surface area contributed by atoms with Gasteiger partial charge in [-0.1, -0.05) is 35.8 Å². The van der Waals surface area contributed by atoms with Crippen molar-refractivity contribution in [2.45, 2.75) is 6.54 Å². The molecular formula is C13H10Cl2N2O2. The van der Waals surface area contributed by atoms with Gasteiger partial charge in [0.1, 0.15) is 0 Å². The van der Waals surface area contributed by atoms with Gasteiger partial charge in [0.05, 0.1) is 6.54 Å². The number of nitrogens with zero attached hydrogens (tertiary/aromatic N) is 2. The molecule has 1 aromatic carbocycles. The predicted octanol–water partition coefficient (Wildman–Crippen LogP) is 2.47. The van der Waals surface area contributed by atoms with Gasteiger partial charge in [-0.15, -0.1) is 0 Å². The van der Waals surface area contributed by atoms with E-state index in [1.54, 1.807) is 18.2 Å². The van der Waals surface area contributed by atoms with Crippen LogP contribution in [0.4, 0.5) is 0 Å². The van der Waals surface area contributed by atoms with Crippen LogP contribution in [0.15, 0.2) is 46.6 Å². The van der Waals surface area contributed by atoms with Crippen LogP contribution in [0.1, 0.15) is 5.56 Å². The Kier molecular flexibility index (Phi) is 3.93. The Bertz CT molecular complexity index is 727. The number of halogens is 2. The van der Waals surface area contributed by atoms with Crippen LogP contribution >= 0.6 is 23.2 Å². The first-order valence-corrected chi connectivity index (χ1v) is 6.17. The van der Waals surface area contributed by atoms with Gasteiger partial charge in [0, 0.05) is 34.1 Å². The third kappa shape index (κ3) is 2.64. The van der Waals surface area contributed by atoms with Crippen LogP contribution in [-0.4, -0.2) is 9.13 Å². The average molecular weight is 297 g/mol. The summed E-state index contributed by atoms with van der Waals surface area (Å²) in [5.74, 6) is 0. The van der Waals surface area contributed by atoms with E-state index >= 15 is 0 Å². The number of rotatable bonds is 3. The fourth-order valence-corrected chi connectivity index (χ4v) is 2.17. The molecule has 0 bridgehead atoms. The second-order valence-electron chi connectivity index (χ2n) is 3.81. The molecule has 19 heavy (non-hydrogen) atoms. The van der Waals surface area contributed by atoms with Crippen LogP contribution in [0.5, 0.6) is 0 Å². The maximum atomic E-state index is 12.0. The summed E-state index contributed by atoms with van der Waals surface area (Å²) in [5, 5.41) is 0.820. The zero-order chi connectivity index (χ0) is 14.0. The zero-order valence-electron chi connectivity index (χ0n) is 9.85. The van der Waals surface area contributed by atoms with Crippen molar-refractivity contribution in [1.29, 1.82) is 0 Å². The molecule has 2 rings (SSSR count). The molecule has 98 valence electrons. The molecule has 6 heteroatoms. The van der Waals surface area contributed by atoms with Gasteiger partial charge in [0.25, 0.3) is 5.56 Å². The lowest BCUT2D eigenvalue weighted by Crippen LogP contribution is -2.37. The SMILES string of the molecule is C=Cn1ccc(=O)n(Cc2c(Cl)cccc2Cl)c1=O. The lowest BCUT2D eigenvalue weighted by atomic mass is 10.2. The highest BCUT2D eigenvalue weighted by Gasteiger charge is 2.10. The molecule has 0 saturated carbocycles. The highest BCUT2D eigenvalue weighted by molar-refractivity contribution is 6.35. The summed E-state index contributed by atoms with van der Waals surface area (Å²) in [4.78, 5) is 23.8. The Morgan fingerprint density at radius 3 is 2.37 bits per heavy atom. The average Bonchev–Trinajstić information content (AvgIpc) is 2.37. The molecule has 0 aliphatic heterocycles. The van der Waals surface area contributed by atoms with Gasteiger partial charge in [-0.25, -0.2) is 4.79 Å². The van der Waals surface area contributed by atoms with Crippen molar-refractivity contribution in [1.82, 2.24) is 9.13 Å². The van der Waals surface area contributed by atoms with Crippen molar-refractivity contribution < 1.29 is 0 Å². The van der Waals surface area contributed by atoms with E-state index in [0.717, 1.165) is 4.57 Å². The maximum absolute atomic E-state index is 12.0. The summed E-state index contributed by atoms with van der Waals surface area (Å²) in [7, 11) is 0. The Labute approximate surface area is 119 Å². The summed E-state index contributed by atoms with van der Waals surface area (Å²) in [6.45, 7) is 3.52. The molecule has 0 radical (unpaired) electrons. The standard InChI is InChI=1S/C13H10Cl2N2O2/c1-2-16-7-6-12(18)17(13(16)19)8-9-10(14)4-3-5-11(9)15/h2-7H,1,8H2. The van der Waals surface area contributed by atoms with Crippen LogP contribution in [0, 0.1) is 0 Å². The smallest absolute Gasteiger partial charge is 0.277 e. The molecule has 1 heterocycles. The minimum absolute atomic E-state index is 0.0187. The third-order valence-corrected chi connectivity index (χ3v) is 3.38. The Hall–Kier alpha value is -1.78. The molecule has 0 fully saturated rings. The van der Waals surface area contributed by atoms with Crippen LogP contribution in [-0.2, 0) is 6.54 Å². The van der Waals surface area contributed by atoms with Gasteiger partial charge in [0.15, 0.2) is 0 Å². The molecule has 0 aliphatic rings. The van der Waals surface area contributed by atoms with E-state index in [9.17, 15) is 9.59 Å². The predicted molar refractivity (Wildman–Crippen MR) is 76.9 cm³/mol. The van der Waals surface area contributed by atoms with Gasteiger partial charge >= 0.3 is 5.69 Å². The van der Waals surface area contributed by atoms with Gasteiger partial charge in [-0.05, 0) is 12.1 Å². The van der Waals surface area contributed by atoms with Crippen molar-refractivity contribution in [3.63, 3.8) is 0 Å². The van der Waals surface area contributed by atoms with E-state index in [4.69, 9.17) is 23.2 Å². The van der Waals surface area contributed by atoms with E-state index < -0.39 is 11.2 Å². The van der Waals surface area contributed by atoms with Crippen LogP contribution < -0.4 is 11.2 Å². The number of hydrogen-bond acceptors (Lipinski definition) is 2. The minimum Gasteiger partial charge on any atom is -0.277 e. The monoisotopic (exact) mass is 296 g/mol. The molecule has 4 nitrogen and oxygen atoms in total. The Morgan fingerprint density at radius 1 is 1.16 bits per heavy atom. The van der Waals surface area contributed by atoms with Crippen LogP contribution in [0.25, 0.3) is 6.20 Å². The molecule has 0 spiro atoms. The second kappa shape index (κ2) is 5.47. The molecule has 0 aliphatic carbocycles. The highest BCUT2D eigenvalue weighted by atomic mass is 35.5. The molecule has 0 atom stereocenters. The van der Waals surface area contributed by atoms with E-state index in [2.05, 4.69) is 6.58 Å². The third-order valence-electron chi connectivity index (χ3n) is 2.67. The molecule has 2 aromatic rings. The Balaban J connectivity index is 2.59. The summed E-state index contributed by atoms with van der Waals surface area (Å²) in [6, 6.07) is 6.29. The largest absolute Gasteiger partial charge is 0.335 e. The second-order valence-corrected chi connectivity index (χ2v) is 4.63. The summed E-state index contributed by atoms with van der Waals surface area (Å²) < 4.78 is 2.26. The maximum Gasteiger partial charge on any atom is 0.335 e. The molecule has 0 unspecified atom stereocenters. The van der Waals surface area contributed by atoms with E-state index in [1.807, 2.05) is 0 Å². The molecule has 0 N–H and O–H groups in total.